The number of aryl methyl sites for hydroxylation is 2. The number of anilines is 1. The molecule has 5 nitrogen and oxygen atoms in total. The lowest BCUT2D eigenvalue weighted by molar-refractivity contribution is 0.355. The minimum atomic E-state index is 0.668. The third-order valence-corrected chi connectivity index (χ3v) is 3.96. The number of aromatic nitrogens is 1. The van der Waals surface area contributed by atoms with Crippen LogP contribution in [0.3, 0.4) is 0 Å². The molecule has 2 aromatic carbocycles. The van der Waals surface area contributed by atoms with E-state index < -0.39 is 0 Å². The second kappa shape index (κ2) is 7.21. The fraction of sp³-hybridized carbons (Fsp3) is 0.200. The Bertz CT molecular complexity index is 936. The van der Waals surface area contributed by atoms with Gasteiger partial charge in [-0.2, -0.15) is 5.10 Å². The molecule has 0 atom stereocenters. The van der Waals surface area contributed by atoms with Crippen LogP contribution in [0.5, 0.6) is 11.5 Å². The first-order valence-corrected chi connectivity index (χ1v) is 8.00. The molecule has 0 saturated heterocycles. The Labute approximate surface area is 147 Å². The van der Waals surface area contributed by atoms with Gasteiger partial charge < -0.3 is 9.47 Å². The molecule has 0 bridgehead atoms. The number of benzene rings is 2. The molecule has 25 heavy (non-hydrogen) atoms. The number of nitrogens with zero attached hydrogens (tertiary/aromatic N) is 2. The van der Waals surface area contributed by atoms with Crippen molar-refractivity contribution in [3.05, 3.63) is 59.2 Å². The first-order chi connectivity index (χ1) is 12.1. The molecule has 3 rings (SSSR count). The lowest BCUT2D eigenvalue weighted by atomic mass is 10.1. The van der Waals surface area contributed by atoms with Gasteiger partial charge in [-0.15, -0.1) is 0 Å². The van der Waals surface area contributed by atoms with Crippen molar-refractivity contribution in [1.29, 1.82) is 0 Å². The van der Waals surface area contributed by atoms with E-state index >= 15 is 0 Å². The average Bonchev–Trinajstić information content (AvgIpc) is 2.62. The van der Waals surface area contributed by atoms with Crippen LogP contribution in [0.15, 0.2) is 47.6 Å². The monoisotopic (exact) mass is 335 g/mol. The molecule has 0 spiro atoms. The van der Waals surface area contributed by atoms with Crippen LogP contribution < -0.4 is 14.9 Å². The molecule has 128 valence electrons. The Morgan fingerprint density at radius 3 is 2.52 bits per heavy atom. The van der Waals surface area contributed by atoms with Gasteiger partial charge >= 0.3 is 0 Å². The van der Waals surface area contributed by atoms with Gasteiger partial charge in [0.05, 0.1) is 26.0 Å². The summed E-state index contributed by atoms with van der Waals surface area (Å²) in [6, 6.07) is 14.0. The molecular formula is C20H21N3O2. The number of hydrogen-bond acceptors (Lipinski definition) is 5. The zero-order valence-corrected chi connectivity index (χ0v) is 14.8. The Kier molecular flexibility index (Phi) is 4.84. The summed E-state index contributed by atoms with van der Waals surface area (Å²) in [5.74, 6) is 2.10. The normalized spacial score (nSPS) is 11.0. The third kappa shape index (κ3) is 3.71. The van der Waals surface area contributed by atoms with Crippen molar-refractivity contribution in [2.45, 2.75) is 13.8 Å². The van der Waals surface area contributed by atoms with E-state index in [-0.39, 0.29) is 0 Å². The van der Waals surface area contributed by atoms with E-state index in [4.69, 9.17) is 9.47 Å². The summed E-state index contributed by atoms with van der Waals surface area (Å²) >= 11 is 0. The zero-order chi connectivity index (χ0) is 17.8. The van der Waals surface area contributed by atoms with Crippen molar-refractivity contribution in [2.75, 3.05) is 19.6 Å². The number of nitrogens with one attached hydrogen (secondary N) is 1. The van der Waals surface area contributed by atoms with Gasteiger partial charge in [0.2, 0.25) is 0 Å². The largest absolute Gasteiger partial charge is 0.493 e. The fourth-order valence-corrected chi connectivity index (χ4v) is 2.60. The van der Waals surface area contributed by atoms with Crippen LogP contribution in [-0.4, -0.2) is 25.4 Å². The number of fused-ring (bicyclic) bond motifs is 1. The summed E-state index contributed by atoms with van der Waals surface area (Å²) in [6.45, 7) is 4.07. The summed E-state index contributed by atoms with van der Waals surface area (Å²) < 4.78 is 10.5. The van der Waals surface area contributed by atoms with Gasteiger partial charge in [0.1, 0.15) is 5.82 Å². The van der Waals surface area contributed by atoms with E-state index in [1.807, 2.05) is 25.1 Å². The van der Waals surface area contributed by atoms with Crippen LogP contribution in [-0.2, 0) is 0 Å². The van der Waals surface area contributed by atoms with Crippen LogP contribution >= 0.6 is 0 Å². The molecule has 1 aromatic heterocycles. The topological polar surface area (TPSA) is 55.7 Å². The van der Waals surface area contributed by atoms with Crippen LogP contribution in [0.2, 0.25) is 0 Å². The van der Waals surface area contributed by atoms with Crippen LogP contribution in [0.4, 0.5) is 5.82 Å². The molecule has 0 fully saturated rings. The minimum absolute atomic E-state index is 0.668. The second-order valence-corrected chi connectivity index (χ2v) is 5.83. The van der Waals surface area contributed by atoms with Gasteiger partial charge in [-0.25, -0.2) is 4.98 Å². The highest BCUT2D eigenvalue weighted by atomic mass is 16.5. The number of pyridine rings is 1. The highest BCUT2D eigenvalue weighted by Gasteiger charge is 2.04. The molecule has 0 amide bonds. The summed E-state index contributed by atoms with van der Waals surface area (Å²) in [5, 5.41) is 5.42. The Morgan fingerprint density at radius 2 is 1.76 bits per heavy atom. The molecule has 0 saturated carbocycles. The Hall–Kier alpha value is -3.08. The quantitative estimate of drug-likeness (QED) is 0.557. The molecule has 0 aliphatic rings. The molecule has 0 radical (unpaired) electrons. The smallest absolute Gasteiger partial charge is 0.161 e. The first kappa shape index (κ1) is 16.8. The van der Waals surface area contributed by atoms with Crippen LogP contribution in [0.25, 0.3) is 10.9 Å². The lowest BCUT2D eigenvalue weighted by Crippen LogP contribution is -1.98. The van der Waals surface area contributed by atoms with Crippen molar-refractivity contribution >= 4 is 22.9 Å². The van der Waals surface area contributed by atoms with Gasteiger partial charge in [-0.3, -0.25) is 5.43 Å². The number of methoxy groups -OCH3 is 2. The van der Waals surface area contributed by atoms with E-state index in [1.54, 1.807) is 20.4 Å². The van der Waals surface area contributed by atoms with E-state index in [1.165, 1.54) is 5.56 Å². The highest BCUT2D eigenvalue weighted by molar-refractivity contribution is 5.83. The van der Waals surface area contributed by atoms with E-state index in [0.717, 1.165) is 27.8 Å². The number of ether oxygens (including phenoxy) is 2. The molecule has 5 heteroatoms. The Balaban J connectivity index is 1.82. The molecular weight excluding hydrogens is 314 g/mol. The van der Waals surface area contributed by atoms with Gasteiger partial charge in [-0.1, -0.05) is 12.1 Å². The van der Waals surface area contributed by atoms with Gasteiger partial charge in [0.15, 0.2) is 11.5 Å². The maximum Gasteiger partial charge on any atom is 0.161 e. The summed E-state index contributed by atoms with van der Waals surface area (Å²) in [6.07, 6.45) is 1.73. The van der Waals surface area contributed by atoms with E-state index in [0.29, 0.717) is 11.5 Å². The summed E-state index contributed by atoms with van der Waals surface area (Å²) in [4.78, 5) is 4.66. The third-order valence-electron chi connectivity index (χ3n) is 3.96. The highest BCUT2D eigenvalue weighted by Crippen LogP contribution is 2.27. The lowest BCUT2D eigenvalue weighted by Gasteiger charge is -2.08. The second-order valence-electron chi connectivity index (χ2n) is 5.83. The molecule has 3 aromatic rings. The number of rotatable bonds is 5. The van der Waals surface area contributed by atoms with Crippen molar-refractivity contribution in [2.24, 2.45) is 5.10 Å². The maximum absolute atomic E-state index is 5.30. The molecule has 1 N–H and O–H groups in total. The van der Waals surface area contributed by atoms with E-state index in [2.05, 4.69) is 46.7 Å². The minimum Gasteiger partial charge on any atom is -0.493 e. The summed E-state index contributed by atoms with van der Waals surface area (Å²) in [7, 11) is 3.23. The summed E-state index contributed by atoms with van der Waals surface area (Å²) in [5.41, 5.74) is 7.11. The van der Waals surface area contributed by atoms with Gasteiger partial charge in [0, 0.05) is 5.39 Å². The van der Waals surface area contributed by atoms with Gasteiger partial charge in [0.25, 0.3) is 0 Å². The van der Waals surface area contributed by atoms with Crippen molar-refractivity contribution < 1.29 is 9.47 Å². The SMILES string of the molecule is COc1ccc(/C=N\Nc2nc3cc(C)ccc3cc2C)cc1OC. The zero-order valence-electron chi connectivity index (χ0n) is 14.8. The standard InChI is InChI=1S/C20H21N3O2/c1-13-5-7-16-10-14(2)20(22-17(16)9-13)23-21-12-15-6-8-18(24-3)19(11-15)25-4/h5-12H,1-4H3,(H,22,23)/b21-12-. The Morgan fingerprint density at radius 1 is 0.960 bits per heavy atom. The van der Waals surface area contributed by atoms with Crippen molar-refractivity contribution in [3.63, 3.8) is 0 Å². The predicted octanol–water partition coefficient (Wildman–Crippen LogP) is 4.31. The van der Waals surface area contributed by atoms with Crippen LogP contribution in [0.1, 0.15) is 16.7 Å². The predicted molar refractivity (Wildman–Crippen MR) is 102 cm³/mol. The van der Waals surface area contributed by atoms with E-state index in [9.17, 15) is 0 Å². The van der Waals surface area contributed by atoms with Gasteiger partial charge in [-0.05, 0) is 60.9 Å². The molecule has 0 unspecified atom stereocenters. The number of hydrazone groups is 1. The van der Waals surface area contributed by atoms with Crippen molar-refractivity contribution in [1.82, 2.24) is 4.98 Å². The average molecular weight is 335 g/mol. The fourth-order valence-electron chi connectivity index (χ4n) is 2.60. The number of hydrogen-bond donors (Lipinski definition) is 1. The van der Waals surface area contributed by atoms with Crippen LogP contribution in [0, 0.1) is 13.8 Å². The molecule has 0 aliphatic heterocycles. The molecule has 1 heterocycles. The first-order valence-electron chi connectivity index (χ1n) is 8.00. The van der Waals surface area contributed by atoms with Crippen molar-refractivity contribution in [3.8, 4) is 11.5 Å². The maximum atomic E-state index is 5.30. The molecule has 0 aliphatic carbocycles.